The van der Waals surface area contributed by atoms with Gasteiger partial charge in [-0.25, -0.2) is 4.79 Å². The third-order valence-corrected chi connectivity index (χ3v) is 5.63. The first-order valence-corrected chi connectivity index (χ1v) is 10.3. The Morgan fingerprint density at radius 1 is 1.03 bits per heavy atom. The molecular weight excluding hydrogens is 495 g/mol. The van der Waals surface area contributed by atoms with Crippen LogP contribution in [0.1, 0.15) is 32.4 Å². The molecule has 0 bridgehead atoms. The fourth-order valence-corrected chi connectivity index (χ4v) is 3.95. The molecule has 1 atom stereocenters. The number of carbonyl (C=O) groups excluding carboxylic acids is 2. The number of halogens is 1. The molecule has 30 heavy (non-hydrogen) atoms. The summed E-state index contributed by atoms with van der Waals surface area (Å²) in [6.07, 6.45) is -0.455. The van der Waals surface area contributed by atoms with E-state index < -0.39 is 12.1 Å². The van der Waals surface area contributed by atoms with Gasteiger partial charge in [0.25, 0.3) is 5.91 Å². The van der Waals surface area contributed by atoms with E-state index in [0.717, 1.165) is 14.8 Å². The number of fused-ring (bicyclic) bond motifs is 1. The van der Waals surface area contributed by atoms with Crippen molar-refractivity contribution in [3.63, 3.8) is 0 Å². The molecule has 1 aliphatic heterocycles. The second-order valence-corrected chi connectivity index (χ2v) is 7.97. The highest BCUT2D eigenvalue weighted by atomic mass is 127. The van der Waals surface area contributed by atoms with E-state index in [1.165, 1.54) is 7.11 Å². The van der Waals surface area contributed by atoms with Crippen LogP contribution < -0.4 is 15.0 Å². The van der Waals surface area contributed by atoms with Gasteiger partial charge in [-0.05, 0) is 70.6 Å². The minimum absolute atomic E-state index is 0.113. The van der Waals surface area contributed by atoms with Crippen molar-refractivity contribution in [3.05, 3.63) is 87.0 Å². The van der Waals surface area contributed by atoms with Gasteiger partial charge in [0.1, 0.15) is 11.9 Å². The molecule has 0 saturated heterocycles. The zero-order valence-corrected chi connectivity index (χ0v) is 18.5. The van der Waals surface area contributed by atoms with Crippen LogP contribution in [0, 0.1) is 3.57 Å². The number of amides is 1. The molecule has 4 rings (SSSR count). The maximum absolute atomic E-state index is 13.5. The molecule has 0 unspecified atom stereocenters. The quantitative estimate of drug-likeness (QED) is 0.398. The van der Waals surface area contributed by atoms with E-state index in [1.807, 2.05) is 54.6 Å². The molecule has 7 heteroatoms. The van der Waals surface area contributed by atoms with E-state index in [-0.39, 0.29) is 5.91 Å². The van der Waals surface area contributed by atoms with Gasteiger partial charge in [-0.3, -0.25) is 9.69 Å². The molecule has 3 aromatic rings. The van der Waals surface area contributed by atoms with Crippen molar-refractivity contribution in [2.75, 3.05) is 24.4 Å². The Labute approximate surface area is 187 Å². The molecule has 0 aromatic heterocycles. The van der Waals surface area contributed by atoms with Crippen LogP contribution in [0.2, 0.25) is 0 Å². The third kappa shape index (κ3) is 3.72. The average Bonchev–Trinajstić information content (AvgIpc) is 2.79. The Morgan fingerprint density at radius 2 is 1.80 bits per heavy atom. The molecule has 0 radical (unpaired) electrons. The Morgan fingerprint density at radius 3 is 2.50 bits per heavy atom. The van der Waals surface area contributed by atoms with Crippen LogP contribution in [0.5, 0.6) is 5.75 Å². The zero-order valence-electron chi connectivity index (χ0n) is 16.4. The number of hydrogen-bond donors (Lipinski definition) is 1. The van der Waals surface area contributed by atoms with Crippen LogP contribution in [-0.4, -0.2) is 26.1 Å². The van der Waals surface area contributed by atoms with Crippen LogP contribution in [0.3, 0.4) is 0 Å². The molecule has 0 saturated carbocycles. The summed E-state index contributed by atoms with van der Waals surface area (Å²) in [6, 6.07) is 20.2. The zero-order chi connectivity index (χ0) is 21.3. The lowest BCUT2D eigenvalue weighted by molar-refractivity contribution is 0.0600. The fourth-order valence-electron chi connectivity index (χ4n) is 3.46. The average molecular weight is 514 g/mol. The van der Waals surface area contributed by atoms with E-state index in [1.54, 1.807) is 24.1 Å². The lowest BCUT2D eigenvalue weighted by Gasteiger charge is -2.38. The Bertz CT molecular complexity index is 1110. The van der Waals surface area contributed by atoms with Crippen LogP contribution in [0.4, 0.5) is 11.4 Å². The van der Waals surface area contributed by atoms with Gasteiger partial charge in [0.15, 0.2) is 0 Å². The second-order valence-electron chi connectivity index (χ2n) is 6.73. The Kier molecular flexibility index (Phi) is 5.63. The number of esters is 1. The first-order valence-electron chi connectivity index (χ1n) is 9.24. The molecule has 152 valence electrons. The maximum Gasteiger partial charge on any atom is 0.337 e. The van der Waals surface area contributed by atoms with Gasteiger partial charge in [0.2, 0.25) is 0 Å². The highest BCUT2D eigenvalue weighted by Crippen LogP contribution is 2.38. The summed E-state index contributed by atoms with van der Waals surface area (Å²) in [7, 11) is 2.94. The predicted molar refractivity (Wildman–Crippen MR) is 123 cm³/mol. The van der Waals surface area contributed by atoms with Gasteiger partial charge in [0, 0.05) is 15.3 Å². The summed E-state index contributed by atoms with van der Waals surface area (Å²) >= 11 is 2.20. The number of nitrogens with one attached hydrogen (secondary N) is 1. The van der Waals surface area contributed by atoms with Crippen molar-refractivity contribution in [3.8, 4) is 5.75 Å². The van der Waals surface area contributed by atoms with Crippen molar-refractivity contribution < 1.29 is 19.1 Å². The molecule has 6 nitrogen and oxygen atoms in total. The van der Waals surface area contributed by atoms with Crippen LogP contribution in [0.15, 0.2) is 66.7 Å². The Balaban J connectivity index is 1.82. The topological polar surface area (TPSA) is 67.9 Å². The number of hydrogen-bond acceptors (Lipinski definition) is 5. The van der Waals surface area contributed by atoms with E-state index in [4.69, 9.17) is 9.47 Å². The van der Waals surface area contributed by atoms with Gasteiger partial charge >= 0.3 is 5.97 Å². The normalized spacial score (nSPS) is 15.2. The minimum Gasteiger partial charge on any atom is -0.497 e. The van der Waals surface area contributed by atoms with Crippen LogP contribution in [0.25, 0.3) is 0 Å². The van der Waals surface area contributed by atoms with Crippen molar-refractivity contribution in [1.29, 1.82) is 0 Å². The van der Waals surface area contributed by atoms with E-state index in [9.17, 15) is 9.59 Å². The van der Waals surface area contributed by atoms with E-state index in [2.05, 4.69) is 27.9 Å². The number of methoxy groups -OCH3 is 2. The third-order valence-electron chi connectivity index (χ3n) is 4.96. The van der Waals surface area contributed by atoms with Crippen molar-refractivity contribution in [2.24, 2.45) is 0 Å². The summed E-state index contributed by atoms with van der Waals surface area (Å²) in [5.41, 5.74) is 3.36. The Hall–Kier alpha value is -3.07. The largest absolute Gasteiger partial charge is 0.497 e. The SMILES string of the molecule is COC(=O)c1ccc([C@H]2Nc3ccc(I)cc3C(=O)N2c2cccc(OC)c2)cc1. The van der Waals surface area contributed by atoms with E-state index >= 15 is 0 Å². The smallest absolute Gasteiger partial charge is 0.337 e. The summed E-state index contributed by atoms with van der Waals surface area (Å²) < 4.78 is 11.1. The van der Waals surface area contributed by atoms with Gasteiger partial charge in [-0.1, -0.05) is 18.2 Å². The lowest BCUT2D eigenvalue weighted by Crippen LogP contribution is -2.43. The molecule has 1 aliphatic rings. The predicted octanol–water partition coefficient (Wildman–Crippen LogP) is 4.86. The standard InChI is InChI=1S/C23H19IN2O4/c1-29-18-5-3-4-17(13-18)26-21(14-6-8-15(9-7-14)23(28)30-2)25-20-11-10-16(24)12-19(20)22(26)27/h3-13,21,25H,1-2H3/t21-/m0/s1. The number of anilines is 2. The molecule has 3 aromatic carbocycles. The second kappa shape index (κ2) is 8.35. The summed E-state index contributed by atoms with van der Waals surface area (Å²) in [4.78, 5) is 27.0. The lowest BCUT2D eigenvalue weighted by atomic mass is 10.0. The number of carbonyl (C=O) groups is 2. The van der Waals surface area contributed by atoms with Gasteiger partial charge < -0.3 is 14.8 Å². The van der Waals surface area contributed by atoms with Crippen molar-refractivity contribution in [2.45, 2.75) is 6.17 Å². The highest BCUT2D eigenvalue weighted by Gasteiger charge is 2.34. The molecule has 0 fully saturated rings. The first kappa shape index (κ1) is 20.2. The fraction of sp³-hybridized carbons (Fsp3) is 0.130. The van der Waals surface area contributed by atoms with Crippen LogP contribution >= 0.6 is 22.6 Å². The summed E-state index contributed by atoms with van der Waals surface area (Å²) in [5.74, 6) is 0.143. The number of nitrogens with zero attached hydrogens (tertiary/aromatic N) is 1. The summed E-state index contributed by atoms with van der Waals surface area (Å²) in [6.45, 7) is 0. The van der Waals surface area contributed by atoms with Crippen molar-refractivity contribution in [1.82, 2.24) is 0 Å². The van der Waals surface area contributed by atoms with Gasteiger partial charge in [-0.15, -0.1) is 0 Å². The first-order chi connectivity index (χ1) is 14.5. The van der Waals surface area contributed by atoms with Crippen LogP contribution in [-0.2, 0) is 4.74 Å². The van der Waals surface area contributed by atoms with E-state index in [0.29, 0.717) is 22.6 Å². The van der Waals surface area contributed by atoms with Gasteiger partial charge in [0.05, 0.1) is 31.0 Å². The molecular formula is C23H19IN2O4. The summed E-state index contributed by atoms with van der Waals surface area (Å²) in [5, 5.41) is 3.46. The molecule has 1 N–H and O–H groups in total. The maximum atomic E-state index is 13.5. The molecule has 1 amide bonds. The van der Waals surface area contributed by atoms with Gasteiger partial charge in [-0.2, -0.15) is 0 Å². The monoisotopic (exact) mass is 514 g/mol. The number of benzene rings is 3. The minimum atomic E-state index is -0.455. The number of ether oxygens (including phenoxy) is 2. The molecule has 0 aliphatic carbocycles. The molecule has 0 spiro atoms. The highest BCUT2D eigenvalue weighted by molar-refractivity contribution is 14.1. The molecule has 1 heterocycles. The van der Waals surface area contributed by atoms with Crippen molar-refractivity contribution >= 4 is 45.8 Å². The number of rotatable bonds is 4.